The number of imidazole rings is 1. The van der Waals surface area contributed by atoms with Crippen LogP contribution in [0.2, 0.25) is 0 Å². The molecule has 3 aromatic rings. The number of aromatic amines is 1. The zero-order valence-electron chi connectivity index (χ0n) is 17.4. The minimum Gasteiger partial charge on any atom is -0.497 e. The molecule has 10 heteroatoms. The van der Waals surface area contributed by atoms with Crippen molar-refractivity contribution in [3.63, 3.8) is 0 Å². The van der Waals surface area contributed by atoms with Crippen molar-refractivity contribution < 1.29 is 14.3 Å². The molecule has 1 atom stereocenters. The smallest absolute Gasteiger partial charge is 0.321 e. The molecule has 160 valence electrons. The first-order valence-corrected chi connectivity index (χ1v) is 9.73. The minimum atomic E-state index is -0.410. The van der Waals surface area contributed by atoms with Crippen LogP contribution >= 0.6 is 0 Å². The van der Waals surface area contributed by atoms with Gasteiger partial charge in [-0.05, 0) is 30.7 Å². The van der Waals surface area contributed by atoms with Crippen LogP contribution in [0.4, 0.5) is 10.7 Å². The zero-order chi connectivity index (χ0) is 21.8. The lowest BCUT2D eigenvalue weighted by molar-refractivity contribution is 0.0934. The van der Waals surface area contributed by atoms with Crippen LogP contribution in [-0.4, -0.2) is 54.3 Å². The van der Waals surface area contributed by atoms with Gasteiger partial charge in [0.2, 0.25) is 12.3 Å². The molecule has 0 saturated heterocycles. The Bertz CT molecular complexity index is 1170. The van der Waals surface area contributed by atoms with E-state index in [9.17, 15) is 4.79 Å². The normalized spacial score (nSPS) is 15.3. The summed E-state index contributed by atoms with van der Waals surface area (Å²) in [5.74, 6) is 1.02. The number of fused-ring (bicyclic) bond motifs is 1. The topological polar surface area (TPSA) is 126 Å². The van der Waals surface area contributed by atoms with E-state index in [4.69, 9.17) is 9.47 Å². The number of pyridine rings is 1. The zero-order valence-corrected chi connectivity index (χ0v) is 17.4. The second kappa shape index (κ2) is 8.84. The lowest BCUT2D eigenvalue weighted by Crippen LogP contribution is -2.28. The Kier molecular flexibility index (Phi) is 5.80. The van der Waals surface area contributed by atoms with E-state index in [0.29, 0.717) is 29.5 Å². The second-order valence-electron chi connectivity index (χ2n) is 6.70. The number of benzene rings is 1. The molecule has 31 heavy (non-hydrogen) atoms. The number of methoxy groups -OCH3 is 2. The van der Waals surface area contributed by atoms with Crippen molar-refractivity contribution in [2.45, 2.75) is 13.3 Å². The number of carbonyl (C=O) groups excluding carboxylic acids is 1. The fraction of sp³-hybridized carbons (Fsp3) is 0.238. The molecule has 0 aliphatic carbocycles. The predicted molar refractivity (Wildman–Crippen MR) is 119 cm³/mol. The Hall–Kier alpha value is -3.92. The fourth-order valence-corrected chi connectivity index (χ4v) is 3.21. The molecule has 1 aromatic carbocycles. The molecule has 0 saturated carbocycles. The summed E-state index contributed by atoms with van der Waals surface area (Å²) < 4.78 is 10.5. The molecule has 1 aliphatic heterocycles. The SMILES string of the molecule is CCNC(=O)Nc1nc2c(-c3cc(OC)ccn3)cc(C3=CNC(OC)N=C3)cc2[nH]1. The van der Waals surface area contributed by atoms with Crippen molar-refractivity contribution in [3.8, 4) is 17.0 Å². The monoisotopic (exact) mass is 421 g/mol. The van der Waals surface area contributed by atoms with Crippen LogP contribution in [0.3, 0.4) is 0 Å². The van der Waals surface area contributed by atoms with E-state index < -0.39 is 6.35 Å². The first-order valence-electron chi connectivity index (χ1n) is 9.73. The number of aliphatic imine (C=N–C) groups is 1. The Balaban J connectivity index is 1.82. The number of H-pyrrole nitrogens is 1. The molecule has 1 aliphatic rings. The maximum absolute atomic E-state index is 11.9. The summed E-state index contributed by atoms with van der Waals surface area (Å²) in [6.07, 6.45) is 4.86. The lowest BCUT2D eigenvalue weighted by Gasteiger charge is -2.17. The van der Waals surface area contributed by atoms with Gasteiger partial charge >= 0.3 is 6.03 Å². The molecule has 4 rings (SSSR count). The van der Waals surface area contributed by atoms with Gasteiger partial charge in [-0.1, -0.05) is 0 Å². The van der Waals surface area contributed by atoms with Crippen LogP contribution in [0.5, 0.6) is 5.75 Å². The number of nitrogens with zero attached hydrogens (tertiary/aromatic N) is 3. The van der Waals surface area contributed by atoms with Crippen LogP contribution < -0.4 is 20.7 Å². The van der Waals surface area contributed by atoms with Crippen molar-refractivity contribution in [2.24, 2.45) is 4.99 Å². The third kappa shape index (κ3) is 4.33. The highest BCUT2D eigenvalue weighted by molar-refractivity contribution is 6.12. The molecule has 4 N–H and O–H groups in total. The summed E-state index contributed by atoms with van der Waals surface area (Å²) >= 11 is 0. The minimum absolute atomic E-state index is 0.334. The number of nitrogens with one attached hydrogen (secondary N) is 4. The number of rotatable bonds is 6. The summed E-state index contributed by atoms with van der Waals surface area (Å²) in [5.41, 5.74) is 4.66. The average molecular weight is 421 g/mol. The lowest BCUT2D eigenvalue weighted by atomic mass is 10.0. The van der Waals surface area contributed by atoms with Crippen molar-refractivity contribution in [1.82, 2.24) is 25.6 Å². The number of hydrogen-bond acceptors (Lipinski definition) is 7. The highest BCUT2D eigenvalue weighted by Crippen LogP contribution is 2.32. The molecule has 0 radical (unpaired) electrons. The third-order valence-corrected chi connectivity index (χ3v) is 4.69. The molecule has 2 amide bonds. The predicted octanol–water partition coefficient (Wildman–Crippen LogP) is 2.72. The number of hydrogen-bond donors (Lipinski definition) is 4. The largest absolute Gasteiger partial charge is 0.497 e. The third-order valence-electron chi connectivity index (χ3n) is 4.69. The number of anilines is 1. The number of aromatic nitrogens is 3. The van der Waals surface area contributed by atoms with Gasteiger partial charge in [0.25, 0.3) is 0 Å². The van der Waals surface area contributed by atoms with Gasteiger partial charge in [0.1, 0.15) is 5.75 Å². The second-order valence-corrected chi connectivity index (χ2v) is 6.70. The summed E-state index contributed by atoms with van der Waals surface area (Å²) in [5, 5.41) is 8.48. The van der Waals surface area contributed by atoms with Crippen molar-refractivity contribution in [2.75, 3.05) is 26.1 Å². The molecule has 3 heterocycles. The van der Waals surface area contributed by atoms with Gasteiger partial charge in [-0.2, -0.15) is 0 Å². The van der Waals surface area contributed by atoms with Crippen LogP contribution in [0.1, 0.15) is 12.5 Å². The van der Waals surface area contributed by atoms with E-state index >= 15 is 0 Å². The number of urea groups is 1. The van der Waals surface area contributed by atoms with E-state index in [-0.39, 0.29) is 6.03 Å². The highest BCUT2D eigenvalue weighted by atomic mass is 16.5. The Morgan fingerprint density at radius 2 is 2.13 bits per heavy atom. The molecule has 0 fully saturated rings. The summed E-state index contributed by atoms with van der Waals surface area (Å²) in [6.45, 7) is 2.36. The quantitative estimate of drug-likeness (QED) is 0.485. The number of carbonyl (C=O) groups is 1. The van der Waals surface area contributed by atoms with Gasteiger partial charge in [-0.3, -0.25) is 10.3 Å². The highest BCUT2D eigenvalue weighted by Gasteiger charge is 2.17. The van der Waals surface area contributed by atoms with Gasteiger partial charge in [0, 0.05) is 49.5 Å². The average Bonchev–Trinajstić information content (AvgIpc) is 3.20. The van der Waals surface area contributed by atoms with Crippen molar-refractivity contribution in [3.05, 3.63) is 42.2 Å². The Morgan fingerprint density at radius 1 is 1.26 bits per heavy atom. The van der Waals surface area contributed by atoms with Crippen LogP contribution in [0.25, 0.3) is 27.9 Å². The first-order chi connectivity index (χ1) is 15.1. The van der Waals surface area contributed by atoms with E-state index in [2.05, 4.69) is 35.9 Å². The standard InChI is InChI=1S/C21H23N7O3/c1-4-22-20(29)28-19-26-17-8-12(13-10-24-21(31-3)25-11-13)7-15(18(17)27-19)16-9-14(30-2)5-6-23-16/h5-11,21,24H,4H2,1-3H3,(H3,22,26,27,28,29). The molecule has 1 unspecified atom stereocenters. The van der Waals surface area contributed by atoms with Crippen molar-refractivity contribution in [1.29, 1.82) is 0 Å². The maximum Gasteiger partial charge on any atom is 0.321 e. The number of allylic oxidation sites excluding steroid dienone is 1. The van der Waals surface area contributed by atoms with Crippen molar-refractivity contribution >= 4 is 34.8 Å². The van der Waals surface area contributed by atoms with Gasteiger partial charge in [-0.15, -0.1) is 0 Å². The summed E-state index contributed by atoms with van der Waals surface area (Å²) in [6, 6.07) is 7.21. The fourth-order valence-electron chi connectivity index (χ4n) is 3.21. The van der Waals surface area contributed by atoms with E-state index in [0.717, 1.165) is 22.2 Å². The Morgan fingerprint density at radius 3 is 2.84 bits per heavy atom. The number of ether oxygens (including phenoxy) is 2. The molecular weight excluding hydrogens is 398 g/mol. The van der Waals surface area contributed by atoms with Crippen LogP contribution in [0, 0.1) is 0 Å². The van der Waals surface area contributed by atoms with E-state index in [1.54, 1.807) is 32.7 Å². The Labute approximate surface area is 178 Å². The van der Waals surface area contributed by atoms with Gasteiger partial charge in [0.15, 0.2) is 0 Å². The van der Waals surface area contributed by atoms with E-state index in [1.807, 2.05) is 31.3 Å². The molecule has 0 bridgehead atoms. The van der Waals surface area contributed by atoms with Gasteiger partial charge in [-0.25, -0.2) is 14.8 Å². The molecule has 0 spiro atoms. The summed E-state index contributed by atoms with van der Waals surface area (Å²) in [4.78, 5) is 28.5. The van der Waals surface area contributed by atoms with Gasteiger partial charge in [0.05, 0.1) is 23.8 Å². The maximum atomic E-state index is 11.9. The van der Waals surface area contributed by atoms with E-state index in [1.165, 1.54) is 0 Å². The van der Waals surface area contributed by atoms with Crippen LogP contribution in [-0.2, 0) is 4.74 Å². The number of amides is 2. The van der Waals surface area contributed by atoms with Crippen LogP contribution in [0.15, 0.2) is 41.7 Å². The van der Waals surface area contributed by atoms with Gasteiger partial charge < -0.3 is 25.1 Å². The first kappa shape index (κ1) is 20.4. The molecule has 2 aromatic heterocycles. The molecular formula is C21H23N7O3. The summed E-state index contributed by atoms with van der Waals surface area (Å²) in [7, 11) is 3.19. The molecule has 10 nitrogen and oxygen atoms in total.